The zero-order valence-electron chi connectivity index (χ0n) is 14.4. The summed E-state index contributed by atoms with van der Waals surface area (Å²) in [7, 11) is 0. The number of hydrogen-bond donors (Lipinski definition) is 1. The van der Waals surface area contributed by atoms with Crippen LogP contribution in [-0.4, -0.2) is 49.2 Å². The summed E-state index contributed by atoms with van der Waals surface area (Å²) in [4.78, 5) is 15.1. The van der Waals surface area contributed by atoms with Crippen LogP contribution in [0.2, 0.25) is 5.02 Å². The molecule has 2 atom stereocenters. The van der Waals surface area contributed by atoms with E-state index in [9.17, 15) is 4.79 Å². The van der Waals surface area contributed by atoms with Gasteiger partial charge < -0.3 is 14.8 Å². The number of hydrogen-bond acceptors (Lipinski definition) is 4. The molecular formula is C19H25ClN2O3. The van der Waals surface area contributed by atoms with Crippen molar-refractivity contribution in [3.05, 3.63) is 22.7 Å². The molecular weight excluding hydrogens is 340 g/mol. The Labute approximate surface area is 153 Å². The van der Waals surface area contributed by atoms with Gasteiger partial charge in [-0.15, -0.1) is 0 Å². The van der Waals surface area contributed by atoms with Crippen molar-refractivity contribution in [2.24, 2.45) is 0 Å². The van der Waals surface area contributed by atoms with Crippen LogP contribution in [0.3, 0.4) is 0 Å². The summed E-state index contributed by atoms with van der Waals surface area (Å²) in [5.74, 6) is 1.30. The van der Waals surface area contributed by atoms with E-state index in [1.807, 2.05) is 12.1 Å². The molecule has 0 saturated carbocycles. The number of halogens is 1. The highest BCUT2D eigenvalue weighted by Gasteiger charge is 2.36. The second kappa shape index (κ2) is 7.42. The lowest BCUT2D eigenvalue weighted by molar-refractivity contribution is -0.121. The van der Waals surface area contributed by atoms with E-state index in [4.69, 9.17) is 21.1 Å². The van der Waals surface area contributed by atoms with Crippen LogP contribution >= 0.6 is 11.6 Å². The largest absolute Gasteiger partial charge is 0.489 e. The summed E-state index contributed by atoms with van der Waals surface area (Å²) >= 11 is 6.32. The van der Waals surface area contributed by atoms with Crippen LogP contribution in [0.1, 0.15) is 37.7 Å². The zero-order valence-corrected chi connectivity index (χ0v) is 15.2. The Morgan fingerprint density at radius 3 is 2.96 bits per heavy atom. The van der Waals surface area contributed by atoms with E-state index in [0.717, 1.165) is 24.9 Å². The van der Waals surface area contributed by atoms with Gasteiger partial charge in [-0.2, -0.15) is 0 Å². The molecule has 1 amide bonds. The van der Waals surface area contributed by atoms with Crippen LogP contribution in [0, 0.1) is 0 Å². The van der Waals surface area contributed by atoms with Gasteiger partial charge in [0.25, 0.3) is 0 Å². The van der Waals surface area contributed by atoms with Crippen LogP contribution in [0.5, 0.6) is 11.5 Å². The highest BCUT2D eigenvalue weighted by atomic mass is 35.5. The number of benzene rings is 1. The molecule has 0 spiro atoms. The monoisotopic (exact) mass is 364 g/mol. The van der Waals surface area contributed by atoms with Gasteiger partial charge >= 0.3 is 0 Å². The van der Waals surface area contributed by atoms with E-state index in [0.29, 0.717) is 42.2 Å². The SMILES string of the molecule is O=C(Cc1cc(Cl)c2c(c1)OCCCO2)N[C@@H]1CCN2CCCC[C@@H]12. The number of ether oxygens (including phenoxy) is 2. The fourth-order valence-corrected chi connectivity index (χ4v) is 4.53. The predicted molar refractivity (Wildman–Crippen MR) is 96.5 cm³/mol. The van der Waals surface area contributed by atoms with Crippen LogP contribution < -0.4 is 14.8 Å². The summed E-state index contributed by atoms with van der Waals surface area (Å²) in [5, 5.41) is 3.76. The maximum Gasteiger partial charge on any atom is 0.224 e. The molecule has 4 rings (SSSR count). The minimum Gasteiger partial charge on any atom is -0.489 e. The first kappa shape index (κ1) is 17.0. The molecule has 1 aromatic rings. The molecule has 25 heavy (non-hydrogen) atoms. The zero-order chi connectivity index (χ0) is 17.2. The van der Waals surface area contributed by atoms with Crippen molar-refractivity contribution < 1.29 is 14.3 Å². The molecule has 0 unspecified atom stereocenters. The van der Waals surface area contributed by atoms with Crippen LogP contribution in [0.25, 0.3) is 0 Å². The first-order valence-electron chi connectivity index (χ1n) is 9.32. The van der Waals surface area contributed by atoms with Crippen LogP contribution in [-0.2, 0) is 11.2 Å². The lowest BCUT2D eigenvalue weighted by Crippen LogP contribution is -2.47. The molecule has 3 heterocycles. The lowest BCUT2D eigenvalue weighted by atomic mass is 9.99. The number of rotatable bonds is 3. The fraction of sp³-hybridized carbons (Fsp3) is 0.632. The van der Waals surface area contributed by atoms with Crippen molar-refractivity contribution in [2.75, 3.05) is 26.3 Å². The van der Waals surface area contributed by atoms with Gasteiger partial charge in [0.1, 0.15) is 0 Å². The second-order valence-corrected chi connectivity index (χ2v) is 7.60. The molecule has 0 bridgehead atoms. The fourth-order valence-electron chi connectivity index (χ4n) is 4.25. The van der Waals surface area contributed by atoms with Gasteiger partial charge in [-0.25, -0.2) is 0 Å². The predicted octanol–water partition coefficient (Wildman–Crippen LogP) is 2.79. The summed E-state index contributed by atoms with van der Waals surface area (Å²) in [5.41, 5.74) is 0.866. The van der Waals surface area contributed by atoms with Gasteiger partial charge in [-0.05, 0) is 43.5 Å². The normalized spacial score (nSPS) is 26.0. The number of nitrogens with one attached hydrogen (secondary N) is 1. The van der Waals surface area contributed by atoms with Crippen LogP contribution in [0.4, 0.5) is 0 Å². The minimum absolute atomic E-state index is 0.0583. The number of carbonyl (C=O) groups excluding carboxylic acids is 1. The topological polar surface area (TPSA) is 50.8 Å². The molecule has 1 aromatic carbocycles. The molecule has 2 fully saturated rings. The van der Waals surface area contributed by atoms with E-state index in [1.54, 1.807) is 0 Å². The van der Waals surface area contributed by atoms with Gasteiger partial charge in [0, 0.05) is 25.0 Å². The summed E-state index contributed by atoms with van der Waals surface area (Å²) < 4.78 is 11.4. The molecule has 5 nitrogen and oxygen atoms in total. The minimum atomic E-state index is 0.0583. The number of nitrogens with zero attached hydrogens (tertiary/aromatic N) is 1. The molecule has 2 saturated heterocycles. The van der Waals surface area contributed by atoms with Crippen molar-refractivity contribution in [2.45, 2.75) is 50.6 Å². The third kappa shape index (κ3) is 3.72. The average molecular weight is 365 g/mol. The van der Waals surface area contributed by atoms with Crippen molar-refractivity contribution in [1.82, 2.24) is 10.2 Å². The number of piperidine rings is 1. The first-order valence-corrected chi connectivity index (χ1v) is 9.70. The number of carbonyl (C=O) groups is 1. The molecule has 0 aliphatic carbocycles. The Kier molecular flexibility index (Phi) is 5.04. The Balaban J connectivity index is 1.41. The smallest absolute Gasteiger partial charge is 0.224 e. The molecule has 0 radical (unpaired) electrons. The van der Waals surface area contributed by atoms with Gasteiger partial charge in [0.05, 0.1) is 24.7 Å². The highest BCUT2D eigenvalue weighted by molar-refractivity contribution is 6.32. The molecule has 6 heteroatoms. The maximum atomic E-state index is 12.5. The van der Waals surface area contributed by atoms with Crippen molar-refractivity contribution in [3.8, 4) is 11.5 Å². The standard InChI is InChI=1S/C19H25ClN2O3/c20-14-10-13(11-17-19(14)25-9-3-8-24-17)12-18(23)21-15-5-7-22-6-2-1-4-16(15)22/h10-11,15-16H,1-9,12H2,(H,21,23)/t15-,16+/m1/s1. The van der Waals surface area contributed by atoms with Crippen molar-refractivity contribution in [3.63, 3.8) is 0 Å². The lowest BCUT2D eigenvalue weighted by Gasteiger charge is -2.32. The highest BCUT2D eigenvalue weighted by Crippen LogP contribution is 2.38. The van der Waals surface area contributed by atoms with Gasteiger partial charge in [0.15, 0.2) is 11.5 Å². The summed E-state index contributed by atoms with van der Waals surface area (Å²) in [6.07, 6.45) is 5.96. The van der Waals surface area contributed by atoms with E-state index in [1.165, 1.54) is 25.8 Å². The Bertz CT molecular complexity index is 652. The molecule has 3 aliphatic heterocycles. The van der Waals surface area contributed by atoms with Crippen LogP contribution in [0.15, 0.2) is 12.1 Å². The van der Waals surface area contributed by atoms with Gasteiger partial charge in [-0.3, -0.25) is 9.69 Å². The Hall–Kier alpha value is -1.46. The van der Waals surface area contributed by atoms with E-state index in [-0.39, 0.29) is 11.9 Å². The number of fused-ring (bicyclic) bond motifs is 2. The Morgan fingerprint density at radius 2 is 2.04 bits per heavy atom. The van der Waals surface area contributed by atoms with Gasteiger partial charge in [0.2, 0.25) is 5.91 Å². The third-order valence-electron chi connectivity index (χ3n) is 5.43. The van der Waals surface area contributed by atoms with Crippen molar-refractivity contribution >= 4 is 17.5 Å². The van der Waals surface area contributed by atoms with Crippen molar-refractivity contribution in [1.29, 1.82) is 0 Å². The molecule has 136 valence electrons. The van der Waals surface area contributed by atoms with E-state index in [2.05, 4.69) is 10.2 Å². The number of amides is 1. The average Bonchev–Trinajstić information content (AvgIpc) is 2.84. The second-order valence-electron chi connectivity index (χ2n) is 7.19. The summed E-state index contributed by atoms with van der Waals surface area (Å²) in [6.45, 7) is 3.49. The quantitative estimate of drug-likeness (QED) is 0.896. The third-order valence-corrected chi connectivity index (χ3v) is 5.71. The van der Waals surface area contributed by atoms with Gasteiger partial charge in [-0.1, -0.05) is 18.0 Å². The first-order chi connectivity index (χ1) is 12.2. The molecule has 3 aliphatic rings. The van der Waals surface area contributed by atoms with E-state index < -0.39 is 0 Å². The maximum absolute atomic E-state index is 12.5. The molecule has 0 aromatic heterocycles. The molecule has 1 N–H and O–H groups in total. The van der Waals surface area contributed by atoms with E-state index >= 15 is 0 Å². The Morgan fingerprint density at radius 1 is 1.16 bits per heavy atom. The summed E-state index contributed by atoms with van der Waals surface area (Å²) in [6, 6.07) is 4.50.